The number of halogens is 2. The van der Waals surface area contributed by atoms with E-state index >= 15 is 4.39 Å². The van der Waals surface area contributed by atoms with Crippen molar-refractivity contribution in [2.75, 3.05) is 33.4 Å². The number of hydrogen-bond acceptors (Lipinski definition) is 8. The molecule has 1 aromatic carbocycles. The van der Waals surface area contributed by atoms with E-state index in [-0.39, 0.29) is 42.8 Å². The highest BCUT2D eigenvalue weighted by molar-refractivity contribution is 7.18. The van der Waals surface area contributed by atoms with E-state index in [1.165, 1.54) is 30.6 Å². The van der Waals surface area contributed by atoms with Crippen LogP contribution in [0.2, 0.25) is 0 Å². The molecule has 5 aromatic rings. The smallest absolute Gasteiger partial charge is 0.246 e. The average Bonchev–Trinajstić information content (AvgIpc) is 3.67. The number of nitrogens with zero attached hydrogens (tertiary/aromatic N) is 5. The number of aromatic nitrogens is 4. The van der Waals surface area contributed by atoms with Crippen LogP contribution < -0.4 is 10.1 Å². The van der Waals surface area contributed by atoms with Gasteiger partial charge in [0.1, 0.15) is 35.4 Å². The summed E-state index contributed by atoms with van der Waals surface area (Å²) in [6.45, 7) is 5.66. The maximum absolute atomic E-state index is 16.0. The molecule has 240 valence electrons. The van der Waals surface area contributed by atoms with Crippen molar-refractivity contribution in [1.82, 2.24) is 30.0 Å². The Bertz CT molecular complexity index is 2030. The molecule has 1 N–H and O–H groups in total. The maximum atomic E-state index is 16.0. The van der Waals surface area contributed by atoms with Gasteiger partial charge in [0.2, 0.25) is 11.8 Å². The second-order valence-electron chi connectivity index (χ2n) is 11.3. The first-order valence-corrected chi connectivity index (χ1v) is 16.0. The van der Waals surface area contributed by atoms with Gasteiger partial charge in [-0.05, 0) is 35.2 Å². The van der Waals surface area contributed by atoms with Gasteiger partial charge in [-0.25, -0.2) is 13.8 Å². The summed E-state index contributed by atoms with van der Waals surface area (Å²) < 4.78 is 44.2. The molecule has 0 aliphatic carbocycles. The summed E-state index contributed by atoms with van der Waals surface area (Å²) in [5.41, 5.74) is 5.23. The minimum Gasteiger partial charge on any atom is -0.490 e. The number of rotatable bonds is 8. The predicted octanol–water partition coefficient (Wildman–Crippen LogP) is 4.94. The van der Waals surface area contributed by atoms with Crippen LogP contribution in [0.5, 0.6) is 5.75 Å². The van der Waals surface area contributed by atoms with Gasteiger partial charge in [0.15, 0.2) is 0 Å². The first-order valence-electron chi connectivity index (χ1n) is 15.1. The van der Waals surface area contributed by atoms with Gasteiger partial charge in [-0.1, -0.05) is 6.58 Å². The van der Waals surface area contributed by atoms with Crippen LogP contribution in [0.1, 0.15) is 17.0 Å². The van der Waals surface area contributed by atoms with Crippen molar-refractivity contribution in [2.24, 2.45) is 0 Å². The van der Waals surface area contributed by atoms with Crippen molar-refractivity contribution in [3.8, 4) is 39.5 Å². The number of benzene rings is 1. The van der Waals surface area contributed by atoms with Crippen LogP contribution in [0.15, 0.2) is 54.6 Å². The standard InChI is InChI=1S/C34H30F2N6O4S/c1-3-29(44)41-6-4-22-15-26(40-42(22)8-7-41)33-31(30-24(36)13-21(35)14-27(30)46-10-9-45-2)34-23(5-11-47-34)32(39-33)20-12-19-17-38-28(43)16-25(19)37-18-20/h3,5,11-15,18H,1,4,6-10,16-17H2,2H3,(H,38,43). The Labute approximate surface area is 272 Å². The van der Waals surface area contributed by atoms with Gasteiger partial charge in [-0.3, -0.25) is 19.3 Å². The van der Waals surface area contributed by atoms with Crippen molar-refractivity contribution in [3.05, 3.63) is 83.1 Å². The molecular weight excluding hydrogens is 626 g/mol. The lowest BCUT2D eigenvalue weighted by Crippen LogP contribution is -2.32. The topological polar surface area (TPSA) is 111 Å². The summed E-state index contributed by atoms with van der Waals surface area (Å²) in [7, 11) is 1.52. The van der Waals surface area contributed by atoms with Crippen LogP contribution in [0.25, 0.3) is 43.9 Å². The Balaban J connectivity index is 1.44. The molecule has 13 heteroatoms. The monoisotopic (exact) mass is 656 g/mol. The van der Waals surface area contributed by atoms with Crippen LogP contribution in [0.3, 0.4) is 0 Å². The number of carbonyl (C=O) groups is 2. The largest absolute Gasteiger partial charge is 0.490 e. The predicted molar refractivity (Wildman–Crippen MR) is 173 cm³/mol. The molecule has 0 saturated heterocycles. The molecule has 0 unspecified atom stereocenters. The number of carbonyl (C=O) groups excluding carboxylic acids is 2. The fraction of sp³-hybridized carbons (Fsp3) is 0.265. The zero-order valence-electron chi connectivity index (χ0n) is 25.5. The molecule has 6 heterocycles. The van der Waals surface area contributed by atoms with E-state index in [0.717, 1.165) is 28.3 Å². The van der Waals surface area contributed by atoms with Crippen molar-refractivity contribution in [2.45, 2.75) is 25.9 Å². The number of methoxy groups -OCH3 is 1. The molecule has 0 bridgehead atoms. The van der Waals surface area contributed by atoms with Gasteiger partial charge in [0, 0.05) is 78.4 Å². The Morgan fingerprint density at radius 2 is 2.00 bits per heavy atom. The Morgan fingerprint density at radius 1 is 1.13 bits per heavy atom. The van der Waals surface area contributed by atoms with Crippen LogP contribution in [-0.2, 0) is 40.3 Å². The maximum Gasteiger partial charge on any atom is 0.246 e. The third-order valence-corrected chi connectivity index (χ3v) is 9.30. The van der Waals surface area contributed by atoms with Crippen molar-refractivity contribution < 1.29 is 27.8 Å². The van der Waals surface area contributed by atoms with E-state index in [0.29, 0.717) is 65.6 Å². The summed E-state index contributed by atoms with van der Waals surface area (Å²) >= 11 is 1.40. The van der Waals surface area contributed by atoms with E-state index in [1.807, 2.05) is 28.3 Å². The molecule has 2 amide bonds. The van der Waals surface area contributed by atoms with Crippen molar-refractivity contribution in [1.29, 1.82) is 0 Å². The lowest BCUT2D eigenvalue weighted by Gasteiger charge is -2.19. The van der Waals surface area contributed by atoms with Crippen molar-refractivity contribution >= 4 is 33.2 Å². The molecule has 0 radical (unpaired) electrons. The Morgan fingerprint density at radius 3 is 2.83 bits per heavy atom. The first-order chi connectivity index (χ1) is 22.8. The summed E-state index contributed by atoms with van der Waals surface area (Å²) in [5.74, 6) is -1.77. The van der Waals surface area contributed by atoms with E-state index in [9.17, 15) is 14.0 Å². The summed E-state index contributed by atoms with van der Waals surface area (Å²) in [6, 6.07) is 7.79. The minimum atomic E-state index is -0.798. The molecule has 0 saturated carbocycles. The van der Waals surface area contributed by atoms with Gasteiger partial charge < -0.3 is 19.7 Å². The molecule has 2 aliphatic heterocycles. The summed E-state index contributed by atoms with van der Waals surface area (Å²) in [5, 5.41) is 10.4. The number of thiophene rings is 1. The molecule has 4 aromatic heterocycles. The molecule has 0 atom stereocenters. The average molecular weight is 657 g/mol. The highest BCUT2D eigenvalue weighted by Gasteiger charge is 2.28. The molecule has 47 heavy (non-hydrogen) atoms. The SMILES string of the molecule is C=CC(=O)N1CCc2cc(-c3nc(-c4cnc5c(c4)CNC(=O)C5)c4ccsc4c3-c3c(F)cc(F)cc3OCCOC)nn2CC1. The quantitative estimate of drug-likeness (QED) is 0.186. The number of amides is 2. The number of ether oxygens (including phenoxy) is 2. The highest BCUT2D eigenvalue weighted by Crippen LogP contribution is 2.47. The van der Waals surface area contributed by atoms with E-state index in [4.69, 9.17) is 19.6 Å². The first kappa shape index (κ1) is 30.6. The van der Waals surface area contributed by atoms with E-state index in [1.54, 1.807) is 11.1 Å². The van der Waals surface area contributed by atoms with Gasteiger partial charge in [0.05, 0.1) is 36.5 Å². The third kappa shape index (κ3) is 5.76. The molecule has 2 aliphatic rings. The van der Waals surface area contributed by atoms with Crippen LogP contribution >= 0.6 is 11.3 Å². The molecule has 0 spiro atoms. The second-order valence-corrected chi connectivity index (χ2v) is 12.2. The van der Waals surface area contributed by atoms with Gasteiger partial charge in [-0.2, -0.15) is 5.10 Å². The molecule has 7 rings (SSSR count). The lowest BCUT2D eigenvalue weighted by molar-refractivity contribution is -0.126. The fourth-order valence-corrected chi connectivity index (χ4v) is 7.03. The second kappa shape index (κ2) is 12.6. The van der Waals surface area contributed by atoms with Gasteiger partial charge >= 0.3 is 0 Å². The number of pyridine rings is 2. The zero-order chi connectivity index (χ0) is 32.7. The normalized spacial score (nSPS) is 14.4. The lowest BCUT2D eigenvalue weighted by atomic mass is 9.96. The molecule has 0 fully saturated rings. The Hall–Kier alpha value is -5.01. The van der Waals surface area contributed by atoms with Gasteiger partial charge in [-0.15, -0.1) is 11.3 Å². The van der Waals surface area contributed by atoms with E-state index in [2.05, 4.69) is 16.9 Å². The zero-order valence-corrected chi connectivity index (χ0v) is 26.3. The van der Waals surface area contributed by atoms with Crippen LogP contribution in [0, 0.1) is 11.6 Å². The van der Waals surface area contributed by atoms with Crippen molar-refractivity contribution in [3.63, 3.8) is 0 Å². The number of hydrogen-bond donors (Lipinski definition) is 1. The molecular formula is C34H30F2N6O4S. The molecule has 10 nitrogen and oxygen atoms in total. The fourth-order valence-electron chi connectivity index (χ4n) is 6.08. The van der Waals surface area contributed by atoms with E-state index < -0.39 is 11.6 Å². The van der Waals surface area contributed by atoms with Gasteiger partial charge in [0.25, 0.3) is 0 Å². The number of nitrogens with one attached hydrogen (secondary N) is 1. The highest BCUT2D eigenvalue weighted by atomic mass is 32.1. The van der Waals surface area contributed by atoms with Crippen LogP contribution in [-0.4, -0.2) is 69.9 Å². The number of fused-ring (bicyclic) bond motifs is 3. The third-order valence-electron chi connectivity index (χ3n) is 8.37. The Kier molecular flexibility index (Phi) is 8.24. The summed E-state index contributed by atoms with van der Waals surface area (Å²) in [6.07, 6.45) is 3.76. The van der Waals surface area contributed by atoms with Crippen LogP contribution in [0.4, 0.5) is 8.78 Å². The minimum absolute atomic E-state index is 0.0237. The summed E-state index contributed by atoms with van der Waals surface area (Å²) in [4.78, 5) is 35.8.